The topological polar surface area (TPSA) is 81.7 Å². The maximum atomic E-state index is 13.8. The molecule has 6 nitrogen and oxygen atoms in total. The van der Waals surface area contributed by atoms with Crippen LogP contribution in [0.3, 0.4) is 0 Å². The zero-order valence-corrected chi connectivity index (χ0v) is 18.3. The molecular formula is C24H23NO5S. The number of Topliss-reactive ketones (excluding diaryl/α,β-unsaturated/α-hetero) is 1. The summed E-state index contributed by atoms with van der Waals surface area (Å²) in [6.07, 6.45) is 0.469. The van der Waals surface area contributed by atoms with Crippen molar-refractivity contribution in [3.05, 3.63) is 80.8 Å². The Hall–Kier alpha value is -3.19. The van der Waals surface area contributed by atoms with E-state index in [0.717, 1.165) is 16.1 Å². The lowest BCUT2D eigenvalue weighted by Gasteiger charge is -2.39. The van der Waals surface area contributed by atoms with Crippen molar-refractivity contribution in [2.75, 3.05) is 14.2 Å². The summed E-state index contributed by atoms with van der Waals surface area (Å²) in [5.74, 6) is -3.29. The average Bonchev–Trinajstić information content (AvgIpc) is 3.32. The van der Waals surface area contributed by atoms with Crippen molar-refractivity contribution in [2.24, 2.45) is 5.92 Å². The number of nitrogens with one attached hydrogen (secondary N) is 1. The molecule has 0 bridgehead atoms. The maximum Gasteiger partial charge on any atom is 0.336 e. The molecule has 0 unspecified atom stereocenters. The summed E-state index contributed by atoms with van der Waals surface area (Å²) < 4.78 is 10.1. The summed E-state index contributed by atoms with van der Waals surface area (Å²) in [5, 5.41) is 5.20. The highest BCUT2D eigenvalue weighted by molar-refractivity contribution is 7.10. The number of esters is 2. The van der Waals surface area contributed by atoms with Gasteiger partial charge in [-0.2, -0.15) is 0 Å². The van der Waals surface area contributed by atoms with Crippen LogP contribution in [0.5, 0.6) is 0 Å². The molecule has 2 aliphatic rings. The first-order valence-electron chi connectivity index (χ1n) is 9.97. The quantitative estimate of drug-likeness (QED) is 0.581. The fourth-order valence-electron chi connectivity index (χ4n) is 4.56. The Kier molecular flexibility index (Phi) is 5.78. The third-order valence-electron chi connectivity index (χ3n) is 5.92. The number of ether oxygens (including phenoxy) is 2. The van der Waals surface area contributed by atoms with E-state index in [9.17, 15) is 14.4 Å². The molecule has 160 valence electrons. The van der Waals surface area contributed by atoms with Crippen LogP contribution in [0.1, 0.15) is 35.6 Å². The van der Waals surface area contributed by atoms with Gasteiger partial charge in [0.25, 0.3) is 0 Å². The molecular weight excluding hydrogens is 414 g/mol. The van der Waals surface area contributed by atoms with Gasteiger partial charge < -0.3 is 14.8 Å². The van der Waals surface area contributed by atoms with Crippen LogP contribution in [-0.2, 0) is 23.9 Å². The molecule has 0 radical (unpaired) electrons. The van der Waals surface area contributed by atoms with Gasteiger partial charge in [-0.25, -0.2) is 4.79 Å². The van der Waals surface area contributed by atoms with E-state index in [-0.39, 0.29) is 11.7 Å². The minimum absolute atomic E-state index is 0.318. The van der Waals surface area contributed by atoms with Crippen LogP contribution in [0, 0.1) is 5.92 Å². The van der Waals surface area contributed by atoms with Crippen LogP contribution >= 0.6 is 11.3 Å². The van der Waals surface area contributed by atoms with E-state index in [1.807, 2.05) is 54.8 Å². The van der Waals surface area contributed by atoms with Gasteiger partial charge in [0.05, 0.1) is 19.8 Å². The number of methoxy groups -OCH3 is 2. The van der Waals surface area contributed by atoms with E-state index in [0.29, 0.717) is 23.3 Å². The monoisotopic (exact) mass is 437 g/mol. The van der Waals surface area contributed by atoms with Gasteiger partial charge in [0.2, 0.25) is 0 Å². The number of rotatable bonds is 4. The highest BCUT2D eigenvalue weighted by atomic mass is 32.1. The Morgan fingerprint density at radius 2 is 1.81 bits per heavy atom. The second kappa shape index (κ2) is 8.51. The molecule has 1 aliphatic heterocycles. The smallest absolute Gasteiger partial charge is 0.336 e. The largest absolute Gasteiger partial charge is 0.468 e. The molecule has 2 heterocycles. The number of dihydropyridines is 1. The number of carbonyl (C=O) groups excluding carboxylic acids is 3. The Morgan fingerprint density at radius 1 is 1.06 bits per heavy atom. The first-order valence-corrected chi connectivity index (χ1v) is 10.8. The lowest BCUT2D eigenvalue weighted by Crippen LogP contribution is -2.43. The molecule has 0 spiro atoms. The zero-order chi connectivity index (χ0) is 22.1. The maximum absolute atomic E-state index is 13.8. The van der Waals surface area contributed by atoms with E-state index < -0.39 is 23.8 Å². The van der Waals surface area contributed by atoms with E-state index >= 15 is 0 Å². The predicted octanol–water partition coefficient (Wildman–Crippen LogP) is 3.68. The van der Waals surface area contributed by atoms with Gasteiger partial charge in [-0.15, -0.1) is 11.3 Å². The highest BCUT2D eigenvalue weighted by Crippen LogP contribution is 2.48. The number of benzene rings is 1. The van der Waals surface area contributed by atoms with Crippen molar-refractivity contribution >= 4 is 29.1 Å². The minimum atomic E-state index is -0.965. The molecule has 31 heavy (non-hydrogen) atoms. The molecule has 4 rings (SSSR count). The molecule has 1 aliphatic carbocycles. The Bertz CT molecular complexity index is 1080. The van der Waals surface area contributed by atoms with Crippen LogP contribution in [0.2, 0.25) is 0 Å². The molecule has 0 fully saturated rings. The number of thiophene rings is 1. The molecule has 1 aromatic carbocycles. The standard InChI is InChI=1S/C24H23NO5S/c1-13-18(23(27)29-2)19(14-8-5-4-6-9-14)21-16(25-13)12-15(17-10-7-11-31-17)20(22(21)26)24(28)30-3/h4-11,15,19-20,25H,12H2,1-3H3/t15-,19+,20+/m1/s1. The van der Waals surface area contributed by atoms with Crippen molar-refractivity contribution in [1.82, 2.24) is 5.32 Å². The van der Waals surface area contributed by atoms with Crippen LogP contribution in [0.15, 0.2) is 70.4 Å². The number of hydrogen-bond acceptors (Lipinski definition) is 7. The summed E-state index contributed by atoms with van der Waals surface area (Å²) in [7, 11) is 2.62. The van der Waals surface area contributed by atoms with Crippen molar-refractivity contribution < 1.29 is 23.9 Å². The first-order chi connectivity index (χ1) is 15.0. The lowest BCUT2D eigenvalue weighted by molar-refractivity contribution is -0.149. The summed E-state index contributed by atoms with van der Waals surface area (Å²) in [6, 6.07) is 13.2. The fourth-order valence-corrected chi connectivity index (χ4v) is 5.43. The van der Waals surface area contributed by atoms with Gasteiger partial charge >= 0.3 is 11.9 Å². The van der Waals surface area contributed by atoms with Gasteiger partial charge in [-0.1, -0.05) is 36.4 Å². The zero-order valence-electron chi connectivity index (χ0n) is 17.5. The average molecular weight is 438 g/mol. The van der Waals surface area contributed by atoms with Crippen molar-refractivity contribution in [3.63, 3.8) is 0 Å². The molecule has 1 N–H and O–H groups in total. The minimum Gasteiger partial charge on any atom is -0.468 e. The summed E-state index contributed by atoms with van der Waals surface area (Å²) in [6.45, 7) is 1.81. The van der Waals surface area contributed by atoms with Gasteiger partial charge in [-0.3, -0.25) is 9.59 Å². The molecule has 7 heteroatoms. The molecule has 0 saturated carbocycles. The van der Waals surface area contributed by atoms with Crippen LogP contribution < -0.4 is 5.32 Å². The molecule has 2 aromatic rings. The molecule has 3 atom stereocenters. The number of ketones is 1. The second-order valence-electron chi connectivity index (χ2n) is 7.58. The van der Waals surface area contributed by atoms with Crippen LogP contribution in [-0.4, -0.2) is 31.9 Å². The third kappa shape index (κ3) is 3.59. The number of carbonyl (C=O) groups is 3. The van der Waals surface area contributed by atoms with Crippen LogP contribution in [0.4, 0.5) is 0 Å². The molecule has 0 saturated heterocycles. The first kappa shape index (κ1) is 21.1. The molecule has 0 amide bonds. The predicted molar refractivity (Wildman–Crippen MR) is 116 cm³/mol. The summed E-state index contributed by atoms with van der Waals surface area (Å²) in [5.41, 5.74) is 2.98. The fraction of sp³-hybridized carbons (Fsp3) is 0.292. The van der Waals surface area contributed by atoms with Gasteiger partial charge in [0.1, 0.15) is 5.92 Å². The molecule has 1 aromatic heterocycles. The second-order valence-corrected chi connectivity index (χ2v) is 8.56. The van der Waals surface area contributed by atoms with Gasteiger partial charge in [-0.05, 0) is 30.4 Å². The number of allylic oxidation sites excluding steroid dienone is 3. The lowest BCUT2D eigenvalue weighted by atomic mass is 9.68. The summed E-state index contributed by atoms with van der Waals surface area (Å²) in [4.78, 5) is 40.3. The van der Waals surface area contributed by atoms with E-state index in [1.54, 1.807) is 0 Å². The normalized spacial score (nSPS) is 23.2. The van der Waals surface area contributed by atoms with Crippen molar-refractivity contribution in [2.45, 2.75) is 25.2 Å². The van der Waals surface area contributed by atoms with E-state index in [4.69, 9.17) is 9.47 Å². The van der Waals surface area contributed by atoms with Crippen molar-refractivity contribution in [3.8, 4) is 0 Å². The Balaban J connectivity index is 1.90. The van der Waals surface area contributed by atoms with Gasteiger partial charge in [0.15, 0.2) is 5.78 Å². The Morgan fingerprint density at radius 3 is 2.42 bits per heavy atom. The van der Waals surface area contributed by atoms with Crippen molar-refractivity contribution in [1.29, 1.82) is 0 Å². The third-order valence-corrected chi connectivity index (χ3v) is 6.93. The van der Waals surface area contributed by atoms with Gasteiger partial charge in [0, 0.05) is 33.7 Å². The van der Waals surface area contributed by atoms with E-state index in [2.05, 4.69) is 5.32 Å². The summed E-state index contributed by atoms with van der Waals surface area (Å²) >= 11 is 1.51. The number of hydrogen-bond donors (Lipinski definition) is 1. The highest BCUT2D eigenvalue weighted by Gasteiger charge is 2.49. The Labute approximate surface area is 184 Å². The van der Waals surface area contributed by atoms with E-state index in [1.165, 1.54) is 25.6 Å². The van der Waals surface area contributed by atoms with Crippen LogP contribution in [0.25, 0.3) is 0 Å². The SMILES string of the molecule is COC(=O)C1=C(C)NC2=C(C(=O)[C@@H](C(=O)OC)[C@@H](c3cccs3)C2)[C@H]1c1ccccc1.